The molecule has 0 radical (unpaired) electrons. The molecule has 25 heavy (non-hydrogen) atoms. The van der Waals surface area contributed by atoms with Crippen molar-refractivity contribution in [1.29, 1.82) is 0 Å². The number of hydrogen-bond acceptors (Lipinski definition) is 1. The largest absolute Gasteiger partial charge is 0.335 e. The van der Waals surface area contributed by atoms with Crippen molar-refractivity contribution in [2.45, 2.75) is 38.1 Å². The Morgan fingerprint density at radius 2 is 1.96 bits per heavy atom. The summed E-state index contributed by atoms with van der Waals surface area (Å²) in [5, 5.41) is 0. The molecule has 1 aliphatic carbocycles. The summed E-state index contributed by atoms with van der Waals surface area (Å²) >= 11 is 0. The SMILES string of the molecule is CCC1c2ccccc2CCN1C(=O)C1CC1c1ccc(F)c(F)c1. The molecule has 1 amide bonds. The molecule has 0 saturated heterocycles. The van der Waals surface area contributed by atoms with Crippen LogP contribution in [0.4, 0.5) is 8.78 Å². The van der Waals surface area contributed by atoms with Gasteiger partial charge in [0.05, 0.1) is 6.04 Å². The van der Waals surface area contributed by atoms with E-state index in [1.165, 1.54) is 17.2 Å². The van der Waals surface area contributed by atoms with Gasteiger partial charge in [-0.2, -0.15) is 0 Å². The van der Waals surface area contributed by atoms with Crippen LogP contribution in [0.25, 0.3) is 0 Å². The van der Waals surface area contributed by atoms with E-state index in [1.807, 2.05) is 17.0 Å². The standard InChI is InChI=1S/C21H21F2NO/c1-2-20-15-6-4-3-5-13(15)9-10-24(20)21(25)17-12-16(17)14-7-8-18(22)19(23)11-14/h3-8,11,16-17,20H,2,9-10,12H2,1H3. The molecule has 2 aliphatic rings. The molecule has 1 saturated carbocycles. The van der Waals surface area contributed by atoms with Crippen molar-refractivity contribution in [3.8, 4) is 0 Å². The zero-order valence-corrected chi connectivity index (χ0v) is 14.2. The van der Waals surface area contributed by atoms with Gasteiger partial charge in [-0.3, -0.25) is 4.79 Å². The molecule has 0 bridgehead atoms. The second-order valence-electron chi connectivity index (χ2n) is 7.03. The minimum Gasteiger partial charge on any atom is -0.335 e. The number of halogens is 2. The number of benzene rings is 2. The van der Waals surface area contributed by atoms with E-state index >= 15 is 0 Å². The van der Waals surface area contributed by atoms with Crippen LogP contribution in [0.1, 0.15) is 48.4 Å². The Kier molecular flexibility index (Phi) is 4.06. The van der Waals surface area contributed by atoms with Gasteiger partial charge in [-0.15, -0.1) is 0 Å². The minimum atomic E-state index is -0.842. The van der Waals surface area contributed by atoms with Crippen molar-refractivity contribution < 1.29 is 13.6 Å². The van der Waals surface area contributed by atoms with Crippen molar-refractivity contribution in [3.05, 3.63) is 70.8 Å². The minimum absolute atomic E-state index is 0.0114. The fraction of sp³-hybridized carbons (Fsp3) is 0.381. The number of carbonyl (C=O) groups is 1. The molecule has 130 valence electrons. The maximum Gasteiger partial charge on any atom is 0.226 e. The average molecular weight is 341 g/mol. The lowest BCUT2D eigenvalue weighted by atomic mass is 9.90. The Hall–Kier alpha value is -2.23. The van der Waals surface area contributed by atoms with Gasteiger partial charge in [0, 0.05) is 12.5 Å². The molecule has 3 atom stereocenters. The Morgan fingerprint density at radius 1 is 1.16 bits per heavy atom. The highest BCUT2D eigenvalue weighted by molar-refractivity contribution is 5.83. The lowest BCUT2D eigenvalue weighted by molar-refractivity contribution is -0.135. The van der Waals surface area contributed by atoms with Gasteiger partial charge in [0.15, 0.2) is 11.6 Å². The van der Waals surface area contributed by atoms with Crippen molar-refractivity contribution in [3.63, 3.8) is 0 Å². The van der Waals surface area contributed by atoms with Crippen LogP contribution in [0.2, 0.25) is 0 Å². The second-order valence-corrected chi connectivity index (χ2v) is 7.03. The summed E-state index contributed by atoms with van der Waals surface area (Å²) in [4.78, 5) is 15.0. The third kappa shape index (κ3) is 2.84. The van der Waals surface area contributed by atoms with Crippen LogP contribution in [0, 0.1) is 17.6 Å². The lowest BCUT2D eigenvalue weighted by Crippen LogP contribution is -2.40. The van der Waals surface area contributed by atoms with Gasteiger partial charge in [-0.25, -0.2) is 8.78 Å². The first kappa shape index (κ1) is 16.2. The van der Waals surface area contributed by atoms with Crippen LogP contribution in [0.3, 0.4) is 0 Å². The molecule has 2 nitrogen and oxygen atoms in total. The summed E-state index contributed by atoms with van der Waals surface area (Å²) in [6.07, 6.45) is 2.48. The summed E-state index contributed by atoms with van der Waals surface area (Å²) in [5.41, 5.74) is 3.30. The van der Waals surface area contributed by atoms with Gasteiger partial charge in [0.25, 0.3) is 0 Å². The molecule has 0 aromatic heterocycles. The molecule has 4 rings (SSSR count). The Morgan fingerprint density at radius 3 is 2.72 bits per heavy atom. The lowest BCUT2D eigenvalue weighted by Gasteiger charge is -2.37. The van der Waals surface area contributed by atoms with E-state index in [2.05, 4.69) is 19.1 Å². The molecule has 4 heteroatoms. The van der Waals surface area contributed by atoms with E-state index in [-0.39, 0.29) is 23.8 Å². The maximum absolute atomic E-state index is 13.5. The number of carbonyl (C=O) groups excluding carboxylic acids is 1. The highest BCUT2D eigenvalue weighted by atomic mass is 19.2. The van der Waals surface area contributed by atoms with Crippen LogP contribution in [0.15, 0.2) is 42.5 Å². The van der Waals surface area contributed by atoms with Crippen molar-refractivity contribution in [2.24, 2.45) is 5.92 Å². The van der Waals surface area contributed by atoms with E-state index in [4.69, 9.17) is 0 Å². The third-order valence-corrected chi connectivity index (χ3v) is 5.56. The van der Waals surface area contributed by atoms with Gasteiger partial charge in [0.2, 0.25) is 5.91 Å². The van der Waals surface area contributed by atoms with E-state index in [0.29, 0.717) is 0 Å². The van der Waals surface area contributed by atoms with Crippen LogP contribution < -0.4 is 0 Å². The van der Waals surface area contributed by atoms with Gasteiger partial charge in [0.1, 0.15) is 0 Å². The van der Waals surface area contributed by atoms with Crippen molar-refractivity contribution in [1.82, 2.24) is 4.90 Å². The predicted molar refractivity (Wildman–Crippen MR) is 92.1 cm³/mol. The summed E-state index contributed by atoms with van der Waals surface area (Å²) in [6.45, 7) is 2.84. The van der Waals surface area contributed by atoms with Crippen LogP contribution in [0.5, 0.6) is 0 Å². The van der Waals surface area contributed by atoms with Crippen LogP contribution in [-0.4, -0.2) is 17.4 Å². The molecule has 2 aromatic carbocycles. The number of nitrogens with zero attached hydrogens (tertiary/aromatic N) is 1. The van der Waals surface area contributed by atoms with Gasteiger partial charge >= 0.3 is 0 Å². The number of rotatable bonds is 3. The molecule has 1 fully saturated rings. The second kappa shape index (κ2) is 6.25. The fourth-order valence-electron chi connectivity index (χ4n) is 4.15. The van der Waals surface area contributed by atoms with E-state index in [1.54, 1.807) is 6.07 Å². The van der Waals surface area contributed by atoms with Crippen LogP contribution >= 0.6 is 0 Å². The summed E-state index contributed by atoms with van der Waals surface area (Å²) in [5.74, 6) is -1.63. The van der Waals surface area contributed by atoms with Gasteiger partial charge in [-0.05, 0) is 54.0 Å². The third-order valence-electron chi connectivity index (χ3n) is 5.56. The van der Waals surface area contributed by atoms with Crippen molar-refractivity contribution >= 4 is 5.91 Å². The van der Waals surface area contributed by atoms with Crippen molar-refractivity contribution in [2.75, 3.05) is 6.54 Å². The maximum atomic E-state index is 13.5. The Bertz CT molecular complexity index is 819. The molecule has 0 N–H and O–H groups in total. The molecular formula is C21H21F2NO. The molecule has 1 heterocycles. The molecule has 2 aromatic rings. The normalized spacial score (nSPS) is 24.8. The van der Waals surface area contributed by atoms with E-state index < -0.39 is 11.6 Å². The number of amides is 1. The van der Waals surface area contributed by atoms with E-state index in [0.717, 1.165) is 37.4 Å². The first-order valence-electron chi connectivity index (χ1n) is 8.93. The molecule has 3 unspecified atom stereocenters. The Balaban J connectivity index is 1.53. The summed E-state index contributed by atoms with van der Waals surface area (Å²) in [7, 11) is 0. The zero-order chi connectivity index (χ0) is 17.6. The molecule has 0 spiro atoms. The molecular weight excluding hydrogens is 320 g/mol. The summed E-state index contributed by atoms with van der Waals surface area (Å²) in [6, 6.07) is 12.4. The van der Waals surface area contributed by atoms with Gasteiger partial charge < -0.3 is 4.90 Å². The summed E-state index contributed by atoms with van der Waals surface area (Å²) < 4.78 is 26.6. The highest BCUT2D eigenvalue weighted by Gasteiger charge is 2.47. The monoisotopic (exact) mass is 341 g/mol. The van der Waals surface area contributed by atoms with Gasteiger partial charge in [-0.1, -0.05) is 37.3 Å². The highest BCUT2D eigenvalue weighted by Crippen LogP contribution is 2.50. The zero-order valence-electron chi connectivity index (χ0n) is 14.2. The quantitative estimate of drug-likeness (QED) is 0.799. The van der Waals surface area contributed by atoms with E-state index in [9.17, 15) is 13.6 Å². The number of hydrogen-bond donors (Lipinski definition) is 0. The average Bonchev–Trinajstić information content (AvgIpc) is 3.43. The van der Waals surface area contributed by atoms with Crippen LogP contribution in [-0.2, 0) is 11.2 Å². The topological polar surface area (TPSA) is 20.3 Å². The Labute approximate surface area is 146 Å². The smallest absolute Gasteiger partial charge is 0.226 e. The molecule has 1 aliphatic heterocycles. The number of fused-ring (bicyclic) bond motifs is 1. The predicted octanol–water partition coefficient (Wildman–Crippen LogP) is 4.60. The first-order chi connectivity index (χ1) is 12.1. The fourth-order valence-corrected chi connectivity index (χ4v) is 4.15. The first-order valence-corrected chi connectivity index (χ1v) is 8.93.